The molecule has 100 valence electrons. The van der Waals surface area contributed by atoms with Gasteiger partial charge >= 0.3 is 0 Å². The van der Waals surface area contributed by atoms with E-state index >= 15 is 0 Å². The summed E-state index contributed by atoms with van der Waals surface area (Å²) in [6, 6.07) is 3.44. The van der Waals surface area contributed by atoms with Crippen LogP contribution < -0.4 is 5.32 Å². The Morgan fingerprint density at radius 2 is 2.16 bits per heavy atom. The molecule has 0 aliphatic rings. The van der Waals surface area contributed by atoms with Crippen LogP contribution in [0.2, 0.25) is 5.15 Å². The van der Waals surface area contributed by atoms with E-state index < -0.39 is 0 Å². The molecule has 0 aliphatic heterocycles. The number of rotatable bonds is 3. The SMILES string of the molecule is CC(C)n1cc(Br)cc1C(=O)Nc1cc(Cl)ncn1. The Bertz CT molecular complexity index is 612. The summed E-state index contributed by atoms with van der Waals surface area (Å²) in [7, 11) is 0. The fraction of sp³-hybridized carbons (Fsp3) is 0.250. The topological polar surface area (TPSA) is 59.8 Å². The molecule has 19 heavy (non-hydrogen) atoms. The summed E-state index contributed by atoms with van der Waals surface area (Å²) < 4.78 is 2.73. The molecule has 1 amide bonds. The van der Waals surface area contributed by atoms with Gasteiger partial charge in [-0.15, -0.1) is 0 Å². The predicted molar refractivity (Wildman–Crippen MR) is 77.5 cm³/mol. The largest absolute Gasteiger partial charge is 0.340 e. The van der Waals surface area contributed by atoms with E-state index in [0.29, 0.717) is 11.5 Å². The zero-order valence-corrected chi connectivity index (χ0v) is 12.7. The van der Waals surface area contributed by atoms with Crippen molar-refractivity contribution >= 4 is 39.3 Å². The van der Waals surface area contributed by atoms with Crippen LogP contribution in [0.5, 0.6) is 0 Å². The number of hydrogen-bond donors (Lipinski definition) is 1. The monoisotopic (exact) mass is 342 g/mol. The summed E-state index contributed by atoms with van der Waals surface area (Å²) in [5, 5.41) is 2.97. The highest BCUT2D eigenvalue weighted by Gasteiger charge is 2.15. The Kier molecular flexibility index (Phi) is 4.21. The molecule has 0 radical (unpaired) electrons. The van der Waals surface area contributed by atoms with E-state index in [1.807, 2.05) is 24.6 Å². The first-order valence-corrected chi connectivity index (χ1v) is 6.80. The van der Waals surface area contributed by atoms with Gasteiger partial charge in [0.1, 0.15) is 23.0 Å². The molecule has 5 nitrogen and oxygen atoms in total. The third-order valence-corrected chi connectivity index (χ3v) is 3.12. The van der Waals surface area contributed by atoms with E-state index in [9.17, 15) is 4.79 Å². The molecule has 0 fully saturated rings. The number of nitrogens with zero attached hydrogens (tertiary/aromatic N) is 3. The van der Waals surface area contributed by atoms with Crippen LogP contribution >= 0.6 is 27.5 Å². The number of halogens is 2. The van der Waals surface area contributed by atoms with Crippen LogP contribution in [0.3, 0.4) is 0 Å². The smallest absolute Gasteiger partial charge is 0.273 e. The van der Waals surface area contributed by atoms with Gasteiger partial charge < -0.3 is 9.88 Å². The van der Waals surface area contributed by atoms with Gasteiger partial charge in [0.2, 0.25) is 0 Å². The predicted octanol–water partition coefficient (Wildman–Crippen LogP) is 3.53. The summed E-state index contributed by atoms with van der Waals surface area (Å²) in [4.78, 5) is 19.9. The van der Waals surface area contributed by atoms with Gasteiger partial charge in [-0.05, 0) is 35.8 Å². The van der Waals surface area contributed by atoms with Gasteiger partial charge in [0.15, 0.2) is 0 Å². The van der Waals surface area contributed by atoms with Crippen LogP contribution in [0.25, 0.3) is 0 Å². The van der Waals surface area contributed by atoms with E-state index in [-0.39, 0.29) is 17.1 Å². The summed E-state index contributed by atoms with van der Waals surface area (Å²) in [6.45, 7) is 4.01. The summed E-state index contributed by atoms with van der Waals surface area (Å²) in [5.41, 5.74) is 0.552. The number of carbonyl (C=O) groups is 1. The Morgan fingerprint density at radius 3 is 2.79 bits per heavy atom. The molecule has 2 heterocycles. The lowest BCUT2D eigenvalue weighted by Gasteiger charge is -2.12. The normalized spacial score (nSPS) is 10.8. The molecule has 0 saturated carbocycles. The van der Waals surface area contributed by atoms with Crippen molar-refractivity contribution in [2.45, 2.75) is 19.9 Å². The number of aromatic nitrogens is 3. The second-order valence-corrected chi connectivity index (χ2v) is 5.53. The standard InChI is InChI=1S/C12H12BrClN4O/c1-7(2)18-5-8(13)3-9(18)12(19)17-11-4-10(14)15-6-16-11/h3-7H,1-2H3,(H,15,16,17,19). The molecule has 2 rings (SSSR count). The van der Waals surface area contributed by atoms with Crippen LogP contribution in [0, 0.1) is 0 Å². The average molecular weight is 344 g/mol. The molecular weight excluding hydrogens is 332 g/mol. The molecule has 7 heteroatoms. The van der Waals surface area contributed by atoms with E-state index in [1.165, 1.54) is 12.4 Å². The molecular formula is C12H12BrClN4O. The number of hydrogen-bond acceptors (Lipinski definition) is 3. The van der Waals surface area contributed by atoms with Crippen LogP contribution in [0.15, 0.2) is 29.1 Å². The Morgan fingerprint density at radius 1 is 1.42 bits per heavy atom. The number of nitrogens with one attached hydrogen (secondary N) is 1. The maximum Gasteiger partial charge on any atom is 0.273 e. The summed E-state index contributed by atoms with van der Waals surface area (Å²) in [6.07, 6.45) is 3.17. The Balaban J connectivity index is 2.25. The van der Waals surface area contributed by atoms with E-state index in [4.69, 9.17) is 11.6 Å². The quantitative estimate of drug-likeness (QED) is 0.867. The van der Waals surface area contributed by atoms with Crippen molar-refractivity contribution in [3.8, 4) is 0 Å². The molecule has 0 aliphatic carbocycles. The van der Waals surface area contributed by atoms with E-state index in [2.05, 4.69) is 31.2 Å². The van der Waals surface area contributed by atoms with Crippen molar-refractivity contribution in [1.29, 1.82) is 0 Å². The third kappa shape index (κ3) is 3.33. The molecule has 0 saturated heterocycles. The molecule has 2 aromatic heterocycles. The first kappa shape index (κ1) is 14.0. The zero-order valence-electron chi connectivity index (χ0n) is 10.4. The van der Waals surface area contributed by atoms with E-state index in [1.54, 1.807) is 6.07 Å². The van der Waals surface area contributed by atoms with Crippen molar-refractivity contribution in [3.05, 3.63) is 40.0 Å². The first-order chi connectivity index (χ1) is 8.97. The van der Waals surface area contributed by atoms with Crippen LogP contribution in [-0.4, -0.2) is 20.4 Å². The minimum atomic E-state index is -0.242. The lowest BCUT2D eigenvalue weighted by Crippen LogP contribution is -2.18. The zero-order chi connectivity index (χ0) is 14.0. The van der Waals surface area contributed by atoms with Crippen molar-refractivity contribution in [2.24, 2.45) is 0 Å². The highest BCUT2D eigenvalue weighted by molar-refractivity contribution is 9.10. The van der Waals surface area contributed by atoms with Gasteiger partial charge in [0.05, 0.1) is 0 Å². The Labute approximate surface area is 124 Å². The lowest BCUT2D eigenvalue weighted by atomic mass is 10.3. The number of anilines is 1. The van der Waals surface area contributed by atoms with Gasteiger partial charge in [0.25, 0.3) is 5.91 Å². The fourth-order valence-electron chi connectivity index (χ4n) is 1.64. The Hall–Kier alpha value is -1.40. The minimum absolute atomic E-state index is 0.182. The van der Waals surface area contributed by atoms with Crippen molar-refractivity contribution in [2.75, 3.05) is 5.32 Å². The maximum atomic E-state index is 12.2. The second-order valence-electron chi connectivity index (χ2n) is 4.22. The lowest BCUT2D eigenvalue weighted by molar-refractivity contribution is 0.101. The van der Waals surface area contributed by atoms with Crippen LogP contribution in [0.1, 0.15) is 30.4 Å². The van der Waals surface area contributed by atoms with Gasteiger partial charge in [-0.3, -0.25) is 4.79 Å². The highest BCUT2D eigenvalue weighted by atomic mass is 79.9. The molecule has 0 bridgehead atoms. The molecule has 0 spiro atoms. The summed E-state index contributed by atoms with van der Waals surface area (Å²) in [5.74, 6) is 0.131. The van der Waals surface area contributed by atoms with Crippen LogP contribution in [-0.2, 0) is 0 Å². The first-order valence-electron chi connectivity index (χ1n) is 5.63. The number of amides is 1. The van der Waals surface area contributed by atoms with Gasteiger partial charge in [-0.2, -0.15) is 0 Å². The molecule has 2 aromatic rings. The van der Waals surface area contributed by atoms with Crippen molar-refractivity contribution < 1.29 is 4.79 Å². The summed E-state index contributed by atoms with van der Waals surface area (Å²) >= 11 is 9.11. The molecule has 0 aromatic carbocycles. The highest BCUT2D eigenvalue weighted by Crippen LogP contribution is 2.20. The van der Waals surface area contributed by atoms with Crippen molar-refractivity contribution in [1.82, 2.24) is 14.5 Å². The third-order valence-electron chi connectivity index (χ3n) is 2.48. The van der Waals surface area contributed by atoms with Gasteiger partial charge in [-0.25, -0.2) is 9.97 Å². The van der Waals surface area contributed by atoms with E-state index in [0.717, 1.165) is 4.47 Å². The fourth-order valence-corrected chi connectivity index (χ4v) is 2.22. The van der Waals surface area contributed by atoms with Gasteiger partial charge in [0, 0.05) is 22.8 Å². The second kappa shape index (κ2) is 5.71. The average Bonchev–Trinajstić information content (AvgIpc) is 2.71. The molecule has 0 atom stereocenters. The molecule has 0 unspecified atom stereocenters. The minimum Gasteiger partial charge on any atom is -0.340 e. The van der Waals surface area contributed by atoms with Crippen LogP contribution in [0.4, 0.5) is 5.82 Å². The van der Waals surface area contributed by atoms with Gasteiger partial charge in [-0.1, -0.05) is 11.6 Å². The maximum absolute atomic E-state index is 12.2. The molecule has 1 N–H and O–H groups in total. The van der Waals surface area contributed by atoms with Crippen molar-refractivity contribution in [3.63, 3.8) is 0 Å². The number of carbonyl (C=O) groups excluding carboxylic acids is 1.